The van der Waals surface area contributed by atoms with Crippen molar-refractivity contribution in [1.29, 1.82) is 0 Å². The molecular weight excluding hydrogens is 366 g/mol. The van der Waals surface area contributed by atoms with Gasteiger partial charge in [-0.1, -0.05) is 12.1 Å². The Morgan fingerprint density at radius 2 is 1.93 bits per heavy atom. The smallest absolute Gasteiger partial charge is 0.273 e. The molecule has 0 aliphatic heterocycles. The van der Waals surface area contributed by atoms with Crippen molar-refractivity contribution >= 4 is 29.4 Å². The van der Waals surface area contributed by atoms with Crippen molar-refractivity contribution in [3.8, 4) is 5.69 Å². The molecule has 1 N–H and O–H groups in total. The first-order chi connectivity index (χ1) is 14.0. The molecular formula is C22H19N5O2. The first kappa shape index (κ1) is 18.4. The molecule has 0 saturated carbocycles. The van der Waals surface area contributed by atoms with Crippen LogP contribution in [0.2, 0.25) is 0 Å². The van der Waals surface area contributed by atoms with Crippen molar-refractivity contribution in [2.75, 3.05) is 5.32 Å². The van der Waals surface area contributed by atoms with Crippen molar-refractivity contribution < 1.29 is 4.79 Å². The average molecular weight is 385 g/mol. The molecule has 3 aromatic heterocycles. The summed E-state index contributed by atoms with van der Waals surface area (Å²) in [5.74, 6) is -0.132. The molecule has 7 nitrogen and oxygen atoms in total. The lowest BCUT2D eigenvalue weighted by molar-refractivity contribution is -0.114. The third-order valence-corrected chi connectivity index (χ3v) is 4.38. The monoisotopic (exact) mass is 385 g/mol. The summed E-state index contributed by atoms with van der Waals surface area (Å²) in [4.78, 5) is 32.7. The Hall–Kier alpha value is -4.00. The van der Waals surface area contributed by atoms with Crippen molar-refractivity contribution in [3.63, 3.8) is 0 Å². The minimum absolute atomic E-state index is 0.132. The summed E-state index contributed by atoms with van der Waals surface area (Å²) in [6.45, 7) is 3.38. The van der Waals surface area contributed by atoms with Crippen LogP contribution in [-0.4, -0.2) is 25.1 Å². The summed E-state index contributed by atoms with van der Waals surface area (Å²) in [6.07, 6.45) is 9.00. The molecule has 0 aliphatic carbocycles. The standard InChI is InChI=1S/C22H19N5O2/c1-15-14-26(20-9-7-18(8-10-20)24-16(2)28)27-21(29)12-19(25-22(15)27)6-5-17-4-3-11-23-13-17/h3-14H,1-2H3,(H,24,28). The van der Waals surface area contributed by atoms with Crippen molar-refractivity contribution in [2.45, 2.75) is 13.8 Å². The van der Waals surface area contributed by atoms with Crippen LogP contribution in [0.25, 0.3) is 23.5 Å². The number of aromatic nitrogens is 4. The van der Waals surface area contributed by atoms with Crippen molar-refractivity contribution in [2.24, 2.45) is 0 Å². The lowest BCUT2D eigenvalue weighted by Crippen LogP contribution is -2.20. The van der Waals surface area contributed by atoms with Gasteiger partial charge >= 0.3 is 0 Å². The Bertz CT molecular complexity index is 1270. The van der Waals surface area contributed by atoms with Gasteiger partial charge in [0.15, 0.2) is 5.65 Å². The van der Waals surface area contributed by atoms with Crippen LogP contribution in [0.5, 0.6) is 0 Å². The average Bonchev–Trinajstić information content (AvgIpc) is 3.04. The molecule has 4 aromatic rings. The van der Waals surface area contributed by atoms with Gasteiger partial charge in [0.25, 0.3) is 5.56 Å². The van der Waals surface area contributed by atoms with Crippen LogP contribution in [0.3, 0.4) is 0 Å². The summed E-state index contributed by atoms with van der Waals surface area (Å²) in [5.41, 5.74) is 4.30. The molecule has 29 heavy (non-hydrogen) atoms. The maximum absolute atomic E-state index is 12.8. The number of amides is 1. The van der Waals surface area contributed by atoms with Crippen molar-refractivity contribution in [1.82, 2.24) is 19.2 Å². The van der Waals surface area contributed by atoms with Gasteiger partial charge in [0, 0.05) is 42.8 Å². The van der Waals surface area contributed by atoms with E-state index >= 15 is 0 Å². The van der Waals surface area contributed by atoms with Gasteiger partial charge in [-0.15, -0.1) is 0 Å². The number of benzene rings is 1. The van der Waals surface area contributed by atoms with Gasteiger partial charge < -0.3 is 5.32 Å². The molecule has 0 aliphatic rings. The molecule has 0 saturated heterocycles. The Kier molecular flexibility index (Phi) is 4.78. The summed E-state index contributed by atoms with van der Waals surface area (Å²) >= 11 is 0. The SMILES string of the molecule is CC(=O)Nc1ccc(-n2cc(C)c3nc(C=Cc4cccnc4)cc(=O)n32)cc1. The maximum Gasteiger partial charge on any atom is 0.273 e. The molecule has 0 bridgehead atoms. The lowest BCUT2D eigenvalue weighted by Gasteiger charge is -2.08. The summed E-state index contributed by atoms with van der Waals surface area (Å²) < 4.78 is 3.29. The van der Waals surface area contributed by atoms with E-state index in [1.165, 1.54) is 17.5 Å². The first-order valence-corrected chi connectivity index (χ1v) is 9.09. The molecule has 0 spiro atoms. The molecule has 3 heterocycles. The third-order valence-electron chi connectivity index (χ3n) is 4.38. The molecule has 0 atom stereocenters. The quantitative estimate of drug-likeness (QED) is 0.584. The van der Waals surface area contributed by atoms with E-state index in [0.29, 0.717) is 17.0 Å². The van der Waals surface area contributed by atoms with E-state index in [4.69, 9.17) is 0 Å². The predicted octanol–water partition coefficient (Wildman–Crippen LogP) is 3.32. The molecule has 144 valence electrons. The van der Waals surface area contributed by atoms with Crippen LogP contribution in [-0.2, 0) is 4.79 Å². The maximum atomic E-state index is 12.8. The van der Waals surface area contributed by atoms with Gasteiger partial charge in [-0.2, -0.15) is 4.52 Å². The number of aryl methyl sites for hydroxylation is 1. The Balaban J connectivity index is 1.73. The van der Waals surface area contributed by atoms with Crippen LogP contribution in [0.1, 0.15) is 23.7 Å². The zero-order valence-electron chi connectivity index (χ0n) is 16.0. The van der Waals surface area contributed by atoms with Gasteiger partial charge in [0.1, 0.15) is 0 Å². The largest absolute Gasteiger partial charge is 0.326 e. The number of nitrogens with zero attached hydrogens (tertiary/aromatic N) is 4. The van der Waals surface area contributed by atoms with Gasteiger partial charge in [-0.05, 0) is 48.9 Å². The molecule has 0 radical (unpaired) electrons. The van der Waals surface area contributed by atoms with Crippen LogP contribution in [0.15, 0.2) is 65.8 Å². The third kappa shape index (κ3) is 3.84. The minimum Gasteiger partial charge on any atom is -0.326 e. The number of carbonyl (C=O) groups is 1. The lowest BCUT2D eigenvalue weighted by atomic mass is 10.2. The number of pyridine rings is 1. The fourth-order valence-electron chi connectivity index (χ4n) is 3.09. The highest BCUT2D eigenvalue weighted by atomic mass is 16.1. The summed E-state index contributed by atoms with van der Waals surface area (Å²) in [5, 5.41) is 2.73. The Morgan fingerprint density at radius 1 is 1.14 bits per heavy atom. The first-order valence-electron chi connectivity index (χ1n) is 9.09. The molecule has 4 rings (SSSR count). The van der Waals surface area contributed by atoms with Crippen molar-refractivity contribution in [3.05, 3.63) is 88.2 Å². The number of hydrogen-bond donors (Lipinski definition) is 1. The van der Waals surface area contributed by atoms with Gasteiger partial charge in [0.05, 0.1) is 11.4 Å². The highest BCUT2D eigenvalue weighted by Crippen LogP contribution is 2.17. The van der Waals surface area contributed by atoms with E-state index in [2.05, 4.69) is 15.3 Å². The highest BCUT2D eigenvalue weighted by molar-refractivity contribution is 5.88. The molecule has 1 aromatic carbocycles. The predicted molar refractivity (Wildman–Crippen MR) is 113 cm³/mol. The van der Waals surface area contributed by atoms with E-state index in [9.17, 15) is 9.59 Å². The van der Waals surface area contributed by atoms with Crippen LogP contribution < -0.4 is 10.9 Å². The summed E-state index contributed by atoms with van der Waals surface area (Å²) in [6, 6.07) is 12.6. The van der Waals surface area contributed by atoms with E-state index in [-0.39, 0.29) is 11.5 Å². The number of hydrogen-bond acceptors (Lipinski definition) is 4. The van der Waals surface area contributed by atoms with Gasteiger partial charge in [-0.3, -0.25) is 19.3 Å². The van der Waals surface area contributed by atoms with Crippen LogP contribution >= 0.6 is 0 Å². The number of nitrogens with one attached hydrogen (secondary N) is 1. The fourth-order valence-corrected chi connectivity index (χ4v) is 3.09. The highest BCUT2D eigenvalue weighted by Gasteiger charge is 2.11. The summed E-state index contributed by atoms with van der Waals surface area (Å²) in [7, 11) is 0. The minimum atomic E-state index is -0.181. The van der Waals surface area contributed by atoms with E-state index in [0.717, 1.165) is 16.8 Å². The second kappa shape index (κ2) is 7.55. The Labute approximate surface area is 167 Å². The zero-order chi connectivity index (χ0) is 20.4. The fraction of sp³-hybridized carbons (Fsp3) is 0.0909. The topological polar surface area (TPSA) is 81.3 Å². The van der Waals surface area contributed by atoms with E-state index in [1.807, 2.05) is 43.5 Å². The van der Waals surface area contributed by atoms with Gasteiger partial charge in [0.2, 0.25) is 5.91 Å². The van der Waals surface area contributed by atoms with E-state index in [1.54, 1.807) is 35.3 Å². The molecule has 7 heteroatoms. The molecule has 0 unspecified atom stereocenters. The number of carbonyl (C=O) groups excluding carboxylic acids is 1. The second-order valence-corrected chi connectivity index (χ2v) is 6.66. The molecule has 0 fully saturated rings. The second-order valence-electron chi connectivity index (χ2n) is 6.66. The normalized spacial score (nSPS) is 11.2. The van der Waals surface area contributed by atoms with E-state index < -0.39 is 0 Å². The van der Waals surface area contributed by atoms with Crippen LogP contribution in [0.4, 0.5) is 5.69 Å². The number of fused-ring (bicyclic) bond motifs is 1. The van der Waals surface area contributed by atoms with Crippen LogP contribution in [0, 0.1) is 6.92 Å². The number of anilines is 1. The Morgan fingerprint density at radius 3 is 2.62 bits per heavy atom. The number of rotatable bonds is 4. The van der Waals surface area contributed by atoms with Gasteiger partial charge in [-0.25, -0.2) is 4.98 Å². The molecule has 1 amide bonds. The zero-order valence-corrected chi connectivity index (χ0v) is 16.0.